The van der Waals surface area contributed by atoms with Crippen LogP contribution in [0.2, 0.25) is 0 Å². The van der Waals surface area contributed by atoms with Gasteiger partial charge in [0.25, 0.3) is 0 Å². The van der Waals surface area contributed by atoms with Gasteiger partial charge in [-0.15, -0.1) is 0 Å². The Balaban J connectivity index is 1.96. The third kappa shape index (κ3) is 5.57. The second-order valence-corrected chi connectivity index (χ2v) is 6.01. The van der Waals surface area contributed by atoms with Crippen molar-refractivity contribution in [1.82, 2.24) is 0 Å². The number of anilines is 1. The van der Waals surface area contributed by atoms with Gasteiger partial charge in [0.1, 0.15) is 6.21 Å². The van der Waals surface area contributed by atoms with Gasteiger partial charge in [0, 0.05) is 49.5 Å². The van der Waals surface area contributed by atoms with Crippen LogP contribution in [-0.2, 0) is 16.2 Å². The van der Waals surface area contributed by atoms with E-state index in [2.05, 4.69) is 5.16 Å². The Bertz CT molecular complexity index is 858. The Morgan fingerprint density at radius 2 is 1.70 bits per heavy atom. The minimum atomic E-state index is -0.612. The summed E-state index contributed by atoms with van der Waals surface area (Å²) in [4.78, 5) is 42.6. The average Bonchev–Trinajstić information content (AvgIpc) is 2.67. The fourth-order valence-corrected chi connectivity index (χ4v) is 2.37. The molecule has 0 atom stereocenters. The summed E-state index contributed by atoms with van der Waals surface area (Å²) in [5.41, 5.74) is 1.57. The Morgan fingerprint density at radius 1 is 1.07 bits per heavy atom. The second kappa shape index (κ2) is 9.38. The highest BCUT2D eigenvalue weighted by Crippen LogP contribution is 2.11. The fraction of sp³-hybridized carbons (Fsp3) is 0.250. The molecule has 0 aliphatic heterocycles. The Hall–Kier alpha value is -3.35. The molecular formula is C20H22N3O4+. The predicted octanol–water partition coefficient (Wildman–Crippen LogP) is 2.04. The van der Waals surface area contributed by atoms with Crippen LogP contribution in [0.15, 0.2) is 53.9 Å². The summed E-state index contributed by atoms with van der Waals surface area (Å²) in [6, 6.07) is 10.2. The van der Waals surface area contributed by atoms with Crippen molar-refractivity contribution in [3.63, 3.8) is 0 Å². The fourth-order valence-electron chi connectivity index (χ4n) is 2.37. The van der Waals surface area contributed by atoms with Crippen LogP contribution in [-0.4, -0.2) is 37.8 Å². The van der Waals surface area contributed by atoms with E-state index in [0.717, 1.165) is 11.9 Å². The molecule has 27 heavy (non-hydrogen) atoms. The van der Waals surface area contributed by atoms with Gasteiger partial charge in [-0.3, -0.25) is 9.59 Å². The standard InChI is InChI=1S/C20H22N3O4/c1-4-18(24)16-7-5-6-8-17(16)19(25)13-21-27-20(26)14-23-11-9-15(10-12-23)22(2)3/h5-13H,4,14H2,1-3H3/q+1/b21-13+. The lowest BCUT2D eigenvalue weighted by molar-refractivity contribution is -0.685. The smallest absolute Gasteiger partial charge is 0.377 e. The van der Waals surface area contributed by atoms with Gasteiger partial charge >= 0.3 is 5.97 Å². The van der Waals surface area contributed by atoms with Gasteiger partial charge in [0.2, 0.25) is 12.3 Å². The van der Waals surface area contributed by atoms with Gasteiger partial charge in [-0.25, -0.2) is 4.79 Å². The van der Waals surface area contributed by atoms with E-state index in [4.69, 9.17) is 4.84 Å². The number of Topliss-reactive ketones (excluding diaryl/α,β-unsaturated/α-hetero) is 2. The predicted molar refractivity (Wildman–Crippen MR) is 101 cm³/mol. The number of pyridine rings is 1. The number of hydrogen-bond acceptors (Lipinski definition) is 6. The Morgan fingerprint density at radius 3 is 2.30 bits per heavy atom. The maximum atomic E-state index is 12.2. The normalized spacial score (nSPS) is 10.6. The van der Waals surface area contributed by atoms with Crippen molar-refractivity contribution in [3.05, 3.63) is 59.9 Å². The summed E-state index contributed by atoms with van der Waals surface area (Å²) in [6.45, 7) is 1.69. The molecule has 1 aromatic carbocycles. The summed E-state index contributed by atoms with van der Waals surface area (Å²) < 4.78 is 1.64. The van der Waals surface area contributed by atoms with Crippen molar-refractivity contribution < 1.29 is 23.8 Å². The van der Waals surface area contributed by atoms with E-state index in [1.54, 1.807) is 48.1 Å². The first kappa shape index (κ1) is 20.0. The lowest BCUT2D eigenvalue weighted by atomic mass is 9.99. The van der Waals surface area contributed by atoms with Crippen LogP contribution in [0.4, 0.5) is 5.69 Å². The zero-order valence-electron chi connectivity index (χ0n) is 15.6. The summed E-state index contributed by atoms with van der Waals surface area (Å²) >= 11 is 0. The molecule has 7 nitrogen and oxygen atoms in total. The largest absolute Gasteiger partial charge is 0.399 e. The molecule has 1 aromatic heterocycles. The Kier molecular flexibility index (Phi) is 6.93. The molecule has 1 heterocycles. The number of carbonyl (C=O) groups excluding carboxylic acids is 3. The van der Waals surface area contributed by atoms with E-state index in [1.165, 1.54) is 0 Å². The number of aromatic nitrogens is 1. The van der Waals surface area contributed by atoms with Gasteiger partial charge < -0.3 is 9.74 Å². The third-order valence-corrected chi connectivity index (χ3v) is 3.84. The van der Waals surface area contributed by atoms with Crippen LogP contribution in [0.1, 0.15) is 34.1 Å². The first-order valence-corrected chi connectivity index (χ1v) is 8.48. The number of oxime groups is 1. The van der Waals surface area contributed by atoms with Crippen molar-refractivity contribution in [1.29, 1.82) is 0 Å². The monoisotopic (exact) mass is 368 g/mol. The molecular weight excluding hydrogens is 346 g/mol. The van der Waals surface area contributed by atoms with Crippen molar-refractivity contribution in [2.75, 3.05) is 19.0 Å². The number of rotatable bonds is 8. The van der Waals surface area contributed by atoms with Crippen molar-refractivity contribution in [2.45, 2.75) is 19.9 Å². The third-order valence-electron chi connectivity index (χ3n) is 3.84. The molecule has 0 amide bonds. The van der Waals surface area contributed by atoms with Gasteiger partial charge in [-0.05, 0) is 0 Å². The first-order chi connectivity index (χ1) is 12.9. The van der Waals surface area contributed by atoms with Gasteiger partial charge in [-0.2, -0.15) is 4.57 Å². The quantitative estimate of drug-likeness (QED) is 0.234. The van der Waals surface area contributed by atoms with Crippen LogP contribution in [0.3, 0.4) is 0 Å². The SMILES string of the molecule is CCC(=O)c1ccccc1C(=O)/C=N/OC(=O)C[n+]1ccc(N(C)C)cc1. The van der Waals surface area contributed by atoms with Crippen LogP contribution in [0.5, 0.6) is 0 Å². The van der Waals surface area contributed by atoms with Crippen molar-refractivity contribution >= 4 is 29.4 Å². The van der Waals surface area contributed by atoms with E-state index in [-0.39, 0.29) is 17.9 Å². The molecule has 0 saturated carbocycles. The highest BCUT2D eigenvalue weighted by molar-refractivity contribution is 6.37. The molecule has 0 saturated heterocycles. The number of benzene rings is 1. The molecule has 0 N–H and O–H groups in total. The molecule has 0 aliphatic carbocycles. The zero-order chi connectivity index (χ0) is 19.8. The van der Waals surface area contributed by atoms with Gasteiger partial charge in [0.15, 0.2) is 18.2 Å². The minimum absolute atomic E-state index is 0.0376. The highest BCUT2D eigenvalue weighted by atomic mass is 16.7. The summed E-state index contributed by atoms with van der Waals surface area (Å²) in [7, 11) is 3.85. The van der Waals surface area contributed by atoms with E-state index in [9.17, 15) is 14.4 Å². The zero-order valence-corrected chi connectivity index (χ0v) is 15.6. The second-order valence-electron chi connectivity index (χ2n) is 6.01. The van der Waals surface area contributed by atoms with E-state index >= 15 is 0 Å². The molecule has 0 radical (unpaired) electrons. The summed E-state index contributed by atoms with van der Waals surface area (Å²) in [5, 5.41) is 3.46. The molecule has 0 aliphatic rings. The van der Waals surface area contributed by atoms with Crippen molar-refractivity contribution in [2.24, 2.45) is 5.16 Å². The summed E-state index contributed by atoms with van der Waals surface area (Å²) in [6.07, 6.45) is 4.69. The van der Waals surface area contributed by atoms with E-state index < -0.39 is 11.8 Å². The molecule has 7 heteroatoms. The van der Waals surface area contributed by atoms with E-state index in [1.807, 2.05) is 31.1 Å². The highest BCUT2D eigenvalue weighted by Gasteiger charge is 2.15. The molecule has 0 unspecified atom stereocenters. The lowest BCUT2D eigenvalue weighted by Crippen LogP contribution is -2.37. The average molecular weight is 368 g/mol. The number of nitrogens with zero attached hydrogens (tertiary/aromatic N) is 3. The minimum Gasteiger partial charge on any atom is -0.377 e. The molecule has 2 rings (SSSR count). The molecule has 2 aromatic rings. The maximum absolute atomic E-state index is 12.2. The van der Waals surface area contributed by atoms with Crippen LogP contribution < -0.4 is 9.47 Å². The molecule has 140 valence electrons. The number of hydrogen-bond donors (Lipinski definition) is 0. The molecule has 0 fully saturated rings. The molecule has 0 spiro atoms. The number of carbonyl (C=O) groups is 3. The van der Waals surface area contributed by atoms with Crippen LogP contribution >= 0.6 is 0 Å². The van der Waals surface area contributed by atoms with Crippen LogP contribution in [0.25, 0.3) is 0 Å². The topological polar surface area (TPSA) is 79.9 Å². The van der Waals surface area contributed by atoms with Gasteiger partial charge in [-0.1, -0.05) is 36.3 Å². The lowest BCUT2D eigenvalue weighted by Gasteiger charge is -2.10. The summed E-state index contributed by atoms with van der Waals surface area (Å²) in [5.74, 6) is -1.25. The van der Waals surface area contributed by atoms with Gasteiger partial charge in [0.05, 0.1) is 0 Å². The maximum Gasteiger partial charge on any atom is 0.399 e. The number of ketones is 2. The van der Waals surface area contributed by atoms with E-state index in [0.29, 0.717) is 12.0 Å². The molecule has 0 bridgehead atoms. The Labute approximate surface area is 157 Å². The van der Waals surface area contributed by atoms with Crippen molar-refractivity contribution in [3.8, 4) is 0 Å². The van der Waals surface area contributed by atoms with Crippen LogP contribution in [0, 0.1) is 0 Å². The first-order valence-electron chi connectivity index (χ1n) is 8.48.